The molecule has 3 aromatic rings. The Hall–Kier alpha value is -3.28. The van der Waals surface area contributed by atoms with Gasteiger partial charge in [-0.3, -0.25) is 5.32 Å². The third-order valence-electron chi connectivity index (χ3n) is 4.70. The second-order valence-corrected chi connectivity index (χ2v) is 6.45. The van der Waals surface area contributed by atoms with Crippen LogP contribution in [0.1, 0.15) is 18.1 Å². The van der Waals surface area contributed by atoms with Crippen molar-refractivity contribution in [3.05, 3.63) is 70.1 Å². The summed E-state index contributed by atoms with van der Waals surface area (Å²) in [6.45, 7) is 3.57. The van der Waals surface area contributed by atoms with E-state index in [1.54, 1.807) is 25.1 Å². The van der Waals surface area contributed by atoms with Gasteiger partial charge in [0.25, 0.3) is 0 Å². The van der Waals surface area contributed by atoms with Crippen LogP contribution in [0.5, 0.6) is 0 Å². The lowest BCUT2D eigenvalue weighted by Crippen LogP contribution is -2.20. The molecule has 0 spiro atoms. The fourth-order valence-electron chi connectivity index (χ4n) is 3.50. The Labute approximate surface area is 156 Å². The molecule has 2 heterocycles. The molecule has 0 atom stereocenters. The van der Waals surface area contributed by atoms with Crippen LogP contribution in [-0.4, -0.2) is 19.2 Å². The summed E-state index contributed by atoms with van der Waals surface area (Å²) < 4.78 is 10.2. The molecule has 27 heavy (non-hydrogen) atoms. The van der Waals surface area contributed by atoms with Crippen molar-refractivity contribution in [1.82, 2.24) is 0 Å². The number of nitrogens with one attached hydrogen (secondary N) is 1. The number of rotatable bonds is 4. The van der Waals surface area contributed by atoms with Gasteiger partial charge in [0.05, 0.1) is 6.61 Å². The van der Waals surface area contributed by atoms with Gasteiger partial charge in [0.2, 0.25) is 0 Å². The third kappa shape index (κ3) is 3.51. The SMILES string of the molecule is CCOC(=O)Nc1ccc2c(CN3CCc4ccccc43)cc(=O)oc2c1. The van der Waals surface area contributed by atoms with E-state index in [2.05, 4.69) is 22.3 Å². The summed E-state index contributed by atoms with van der Waals surface area (Å²) in [5.74, 6) is 0. The lowest BCUT2D eigenvalue weighted by molar-refractivity contribution is 0.168. The highest BCUT2D eigenvalue weighted by Crippen LogP contribution is 2.30. The molecular weight excluding hydrogens is 344 g/mol. The summed E-state index contributed by atoms with van der Waals surface area (Å²) in [4.78, 5) is 25.9. The molecule has 4 rings (SSSR count). The van der Waals surface area contributed by atoms with Gasteiger partial charge in [-0.05, 0) is 42.7 Å². The van der Waals surface area contributed by atoms with Gasteiger partial charge in [0.1, 0.15) is 5.58 Å². The average Bonchev–Trinajstić information content (AvgIpc) is 3.04. The number of ether oxygens (including phenoxy) is 1. The molecule has 0 unspecified atom stereocenters. The summed E-state index contributed by atoms with van der Waals surface area (Å²) in [6.07, 6.45) is 0.465. The molecule has 6 heteroatoms. The maximum Gasteiger partial charge on any atom is 0.411 e. The van der Waals surface area contributed by atoms with Crippen molar-refractivity contribution in [1.29, 1.82) is 0 Å². The van der Waals surface area contributed by atoms with Gasteiger partial charge in [0.15, 0.2) is 0 Å². The second-order valence-electron chi connectivity index (χ2n) is 6.45. The van der Waals surface area contributed by atoms with Crippen LogP contribution in [0.3, 0.4) is 0 Å². The Morgan fingerprint density at radius 3 is 2.93 bits per heavy atom. The number of para-hydroxylation sites is 1. The highest BCUT2D eigenvalue weighted by atomic mass is 16.5. The fourth-order valence-corrected chi connectivity index (χ4v) is 3.50. The van der Waals surface area contributed by atoms with E-state index in [9.17, 15) is 9.59 Å². The molecule has 0 saturated heterocycles. The van der Waals surface area contributed by atoms with Crippen LogP contribution >= 0.6 is 0 Å². The van der Waals surface area contributed by atoms with Gasteiger partial charge in [-0.2, -0.15) is 0 Å². The number of benzene rings is 2. The number of carbonyl (C=O) groups excluding carboxylic acids is 1. The first-order valence-corrected chi connectivity index (χ1v) is 8.97. The normalized spacial score (nSPS) is 12.9. The number of fused-ring (bicyclic) bond motifs is 2. The highest BCUT2D eigenvalue weighted by molar-refractivity contribution is 5.90. The summed E-state index contributed by atoms with van der Waals surface area (Å²) in [7, 11) is 0. The van der Waals surface area contributed by atoms with Crippen LogP contribution in [0, 0.1) is 0 Å². The van der Waals surface area contributed by atoms with E-state index in [0.717, 1.165) is 23.9 Å². The maximum absolute atomic E-state index is 12.1. The minimum Gasteiger partial charge on any atom is -0.450 e. The zero-order chi connectivity index (χ0) is 18.8. The van der Waals surface area contributed by atoms with Crippen LogP contribution in [0.4, 0.5) is 16.2 Å². The number of hydrogen-bond donors (Lipinski definition) is 1. The second kappa shape index (κ2) is 7.15. The largest absolute Gasteiger partial charge is 0.450 e. The van der Waals surface area contributed by atoms with Crippen molar-refractivity contribution in [3.8, 4) is 0 Å². The topological polar surface area (TPSA) is 71.8 Å². The van der Waals surface area contributed by atoms with Gasteiger partial charge in [-0.1, -0.05) is 18.2 Å². The van der Waals surface area contributed by atoms with Gasteiger partial charge >= 0.3 is 11.7 Å². The minimum absolute atomic E-state index is 0.288. The molecule has 0 aliphatic carbocycles. The number of anilines is 2. The van der Waals surface area contributed by atoms with Crippen molar-refractivity contribution in [2.75, 3.05) is 23.4 Å². The quantitative estimate of drug-likeness (QED) is 0.711. The van der Waals surface area contributed by atoms with Crippen LogP contribution in [0.25, 0.3) is 11.0 Å². The van der Waals surface area contributed by atoms with Crippen molar-refractivity contribution in [2.24, 2.45) is 0 Å². The van der Waals surface area contributed by atoms with Crippen LogP contribution in [0.2, 0.25) is 0 Å². The molecule has 138 valence electrons. The van der Waals surface area contributed by atoms with Crippen molar-refractivity contribution in [2.45, 2.75) is 19.9 Å². The Balaban J connectivity index is 1.65. The van der Waals surface area contributed by atoms with Crippen LogP contribution in [-0.2, 0) is 17.7 Å². The summed E-state index contributed by atoms with van der Waals surface area (Å²) >= 11 is 0. The monoisotopic (exact) mass is 364 g/mol. The minimum atomic E-state index is -0.538. The zero-order valence-electron chi connectivity index (χ0n) is 15.0. The van der Waals surface area contributed by atoms with Gasteiger partial charge < -0.3 is 14.1 Å². The molecule has 1 aliphatic rings. The Morgan fingerprint density at radius 1 is 1.22 bits per heavy atom. The maximum atomic E-state index is 12.1. The number of hydrogen-bond acceptors (Lipinski definition) is 5. The van der Waals surface area contributed by atoms with Crippen molar-refractivity contribution < 1.29 is 13.9 Å². The van der Waals surface area contributed by atoms with E-state index < -0.39 is 11.7 Å². The number of nitrogens with zero attached hydrogens (tertiary/aromatic N) is 1. The first-order valence-electron chi connectivity index (χ1n) is 8.97. The lowest BCUT2D eigenvalue weighted by atomic mass is 10.1. The molecule has 2 aromatic carbocycles. The summed E-state index contributed by atoms with van der Waals surface area (Å²) in [6, 6.07) is 15.2. The van der Waals surface area contributed by atoms with E-state index >= 15 is 0 Å². The van der Waals surface area contributed by atoms with Gasteiger partial charge in [0, 0.05) is 42.0 Å². The standard InChI is InChI=1S/C21H20N2O4/c1-2-26-21(25)22-16-7-8-17-15(11-20(24)27-19(17)12-16)13-23-10-9-14-5-3-4-6-18(14)23/h3-8,11-12H,2,9-10,13H2,1H3,(H,22,25). The molecule has 6 nitrogen and oxygen atoms in total. The molecule has 0 radical (unpaired) electrons. The molecular formula is C21H20N2O4. The summed E-state index contributed by atoms with van der Waals surface area (Å²) in [5.41, 5.74) is 4.00. The molecule has 1 amide bonds. The van der Waals surface area contributed by atoms with Crippen molar-refractivity contribution >= 4 is 28.4 Å². The Kier molecular flexibility index (Phi) is 4.54. The van der Waals surface area contributed by atoms with E-state index in [-0.39, 0.29) is 6.61 Å². The molecule has 0 bridgehead atoms. The van der Waals surface area contributed by atoms with E-state index in [1.165, 1.54) is 11.3 Å². The highest BCUT2D eigenvalue weighted by Gasteiger charge is 2.20. The first-order chi connectivity index (χ1) is 13.1. The smallest absolute Gasteiger partial charge is 0.411 e. The van der Waals surface area contributed by atoms with Gasteiger partial charge in [-0.15, -0.1) is 0 Å². The van der Waals surface area contributed by atoms with Gasteiger partial charge in [-0.25, -0.2) is 9.59 Å². The number of amides is 1. The molecule has 1 aromatic heterocycles. The van der Waals surface area contributed by atoms with E-state index in [0.29, 0.717) is 17.8 Å². The summed E-state index contributed by atoms with van der Waals surface area (Å²) in [5, 5.41) is 3.48. The van der Waals surface area contributed by atoms with Crippen LogP contribution < -0.4 is 15.8 Å². The predicted molar refractivity (Wildman–Crippen MR) is 104 cm³/mol. The molecule has 1 aliphatic heterocycles. The lowest BCUT2D eigenvalue weighted by Gasteiger charge is -2.20. The van der Waals surface area contributed by atoms with Crippen LogP contribution in [0.15, 0.2) is 57.7 Å². The molecule has 0 fully saturated rings. The first kappa shape index (κ1) is 17.1. The fraction of sp³-hybridized carbons (Fsp3) is 0.238. The molecule has 0 saturated carbocycles. The van der Waals surface area contributed by atoms with E-state index in [1.807, 2.05) is 18.2 Å². The predicted octanol–water partition coefficient (Wildman–Crippen LogP) is 3.92. The number of carbonyl (C=O) groups is 1. The van der Waals surface area contributed by atoms with Crippen molar-refractivity contribution in [3.63, 3.8) is 0 Å². The third-order valence-corrected chi connectivity index (χ3v) is 4.70. The average molecular weight is 364 g/mol. The zero-order valence-corrected chi connectivity index (χ0v) is 15.0. The van der Waals surface area contributed by atoms with E-state index in [4.69, 9.17) is 9.15 Å². The molecule has 1 N–H and O–H groups in total. The Morgan fingerprint density at radius 2 is 2.07 bits per heavy atom. The Bertz CT molecular complexity index is 1060.